The Bertz CT molecular complexity index is 253. The molecule has 0 aromatic heterocycles. The van der Waals surface area contributed by atoms with Gasteiger partial charge in [0.05, 0.1) is 13.2 Å². The molecule has 86 valence electrons. The van der Waals surface area contributed by atoms with Crippen LogP contribution in [0.25, 0.3) is 0 Å². The molecular weight excluding hydrogens is 196 g/mol. The van der Waals surface area contributed by atoms with E-state index in [1.165, 1.54) is 0 Å². The Morgan fingerprint density at radius 1 is 1.47 bits per heavy atom. The highest BCUT2D eigenvalue weighted by Crippen LogP contribution is 2.09. The Labute approximate surface area is 89.8 Å². The molecule has 1 aliphatic heterocycles. The van der Waals surface area contributed by atoms with E-state index in [4.69, 9.17) is 4.74 Å². The molecule has 0 spiro atoms. The highest BCUT2D eigenvalue weighted by Gasteiger charge is 2.29. The van der Waals surface area contributed by atoms with Gasteiger partial charge in [0.25, 0.3) is 5.91 Å². The average molecular weight is 214 g/mol. The van der Waals surface area contributed by atoms with Crippen molar-refractivity contribution in [1.82, 2.24) is 10.2 Å². The summed E-state index contributed by atoms with van der Waals surface area (Å²) in [4.78, 5) is 24.7. The largest absolute Gasteiger partial charge is 0.365 e. The zero-order chi connectivity index (χ0) is 11.4. The number of amides is 2. The molecule has 0 aromatic rings. The van der Waals surface area contributed by atoms with Gasteiger partial charge in [-0.2, -0.15) is 0 Å². The Hall–Kier alpha value is -1.10. The number of nitrogens with zero attached hydrogens (tertiary/aromatic N) is 1. The van der Waals surface area contributed by atoms with Crippen LogP contribution in [0.1, 0.15) is 13.8 Å². The third-order valence-electron chi connectivity index (χ3n) is 2.41. The minimum atomic E-state index is -0.522. The molecule has 5 heteroatoms. The summed E-state index contributed by atoms with van der Waals surface area (Å²) in [6, 6.07) is 0. The molecule has 1 fully saturated rings. The first-order chi connectivity index (χ1) is 7.06. The van der Waals surface area contributed by atoms with Gasteiger partial charge in [0.15, 0.2) is 6.10 Å². The summed E-state index contributed by atoms with van der Waals surface area (Å²) in [5.41, 5.74) is 0. The van der Waals surface area contributed by atoms with E-state index in [0.717, 1.165) is 0 Å². The van der Waals surface area contributed by atoms with Crippen LogP contribution in [-0.4, -0.2) is 49.6 Å². The number of hydrogen-bond donors (Lipinski definition) is 1. The van der Waals surface area contributed by atoms with Gasteiger partial charge in [0, 0.05) is 19.5 Å². The molecule has 1 unspecified atom stereocenters. The van der Waals surface area contributed by atoms with Crippen molar-refractivity contribution in [3.8, 4) is 0 Å². The van der Waals surface area contributed by atoms with Crippen LogP contribution in [0.2, 0.25) is 0 Å². The van der Waals surface area contributed by atoms with Crippen molar-refractivity contribution in [3.05, 3.63) is 0 Å². The molecule has 1 atom stereocenters. The molecule has 0 bridgehead atoms. The van der Waals surface area contributed by atoms with Crippen LogP contribution < -0.4 is 5.32 Å². The molecule has 1 saturated heterocycles. The average Bonchev–Trinajstić information content (AvgIpc) is 2.27. The van der Waals surface area contributed by atoms with Crippen molar-refractivity contribution in [2.24, 2.45) is 5.92 Å². The van der Waals surface area contributed by atoms with Gasteiger partial charge >= 0.3 is 0 Å². The number of carbonyl (C=O) groups is 2. The lowest BCUT2D eigenvalue weighted by atomic mass is 10.1. The minimum absolute atomic E-state index is 0.0339. The fraction of sp³-hybridized carbons (Fsp3) is 0.800. The zero-order valence-corrected chi connectivity index (χ0v) is 9.45. The lowest BCUT2D eigenvalue weighted by Gasteiger charge is -2.33. The predicted octanol–water partition coefficient (Wildman–Crippen LogP) is -0.384. The maximum absolute atomic E-state index is 11.7. The maximum Gasteiger partial charge on any atom is 0.250 e. The van der Waals surface area contributed by atoms with E-state index in [-0.39, 0.29) is 17.7 Å². The van der Waals surface area contributed by atoms with E-state index < -0.39 is 6.10 Å². The molecule has 1 rings (SSSR count). The number of carbonyl (C=O) groups excluding carboxylic acids is 2. The van der Waals surface area contributed by atoms with Crippen LogP contribution in [0, 0.1) is 5.92 Å². The molecule has 0 saturated carbocycles. The second-order valence-electron chi connectivity index (χ2n) is 3.91. The van der Waals surface area contributed by atoms with Crippen molar-refractivity contribution in [3.63, 3.8) is 0 Å². The van der Waals surface area contributed by atoms with Crippen molar-refractivity contribution in [2.75, 3.05) is 26.7 Å². The fourth-order valence-corrected chi connectivity index (χ4v) is 1.53. The zero-order valence-electron chi connectivity index (χ0n) is 9.45. The van der Waals surface area contributed by atoms with Crippen LogP contribution in [0.4, 0.5) is 0 Å². The Balaban J connectivity index is 2.56. The van der Waals surface area contributed by atoms with Gasteiger partial charge < -0.3 is 15.0 Å². The topological polar surface area (TPSA) is 58.6 Å². The summed E-state index contributed by atoms with van der Waals surface area (Å²) in [6.07, 6.45) is -0.522. The third kappa shape index (κ3) is 2.92. The molecular formula is C10H18N2O3. The van der Waals surface area contributed by atoms with Crippen molar-refractivity contribution in [1.29, 1.82) is 0 Å². The van der Waals surface area contributed by atoms with Crippen LogP contribution >= 0.6 is 0 Å². The number of hydrogen-bond acceptors (Lipinski definition) is 3. The lowest BCUT2D eigenvalue weighted by molar-refractivity contribution is -0.148. The minimum Gasteiger partial charge on any atom is -0.365 e. The summed E-state index contributed by atoms with van der Waals surface area (Å²) in [5, 5.41) is 2.52. The van der Waals surface area contributed by atoms with Crippen molar-refractivity contribution >= 4 is 11.8 Å². The van der Waals surface area contributed by atoms with E-state index in [1.807, 2.05) is 13.8 Å². The van der Waals surface area contributed by atoms with Gasteiger partial charge in [0.2, 0.25) is 5.91 Å². The molecule has 15 heavy (non-hydrogen) atoms. The van der Waals surface area contributed by atoms with Crippen molar-refractivity contribution in [2.45, 2.75) is 20.0 Å². The number of ether oxygens (including phenoxy) is 1. The van der Waals surface area contributed by atoms with Crippen LogP contribution in [0.15, 0.2) is 0 Å². The molecule has 1 heterocycles. The van der Waals surface area contributed by atoms with Crippen molar-refractivity contribution < 1.29 is 14.3 Å². The first kappa shape index (κ1) is 12.0. The van der Waals surface area contributed by atoms with Gasteiger partial charge in [-0.1, -0.05) is 13.8 Å². The van der Waals surface area contributed by atoms with Gasteiger partial charge in [-0.25, -0.2) is 0 Å². The van der Waals surface area contributed by atoms with Gasteiger partial charge in [-0.3, -0.25) is 9.59 Å². The van der Waals surface area contributed by atoms with Gasteiger partial charge in [0.1, 0.15) is 0 Å². The fourth-order valence-electron chi connectivity index (χ4n) is 1.53. The number of morpholine rings is 1. The molecule has 5 nitrogen and oxygen atoms in total. The molecule has 0 aliphatic carbocycles. The smallest absolute Gasteiger partial charge is 0.250 e. The maximum atomic E-state index is 11.7. The number of rotatable bonds is 2. The predicted molar refractivity (Wildman–Crippen MR) is 55.2 cm³/mol. The molecule has 0 radical (unpaired) electrons. The Kier molecular flexibility index (Phi) is 4.08. The first-order valence-electron chi connectivity index (χ1n) is 5.18. The lowest BCUT2D eigenvalue weighted by Crippen LogP contribution is -2.51. The monoisotopic (exact) mass is 214 g/mol. The van der Waals surface area contributed by atoms with E-state index in [2.05, 4.69) is 5.32 Å². The molecule has 0 aromatic carbocycles. The van der Waals surface area contributed by atoms with Crippen LogP contribution in [0.3, 0.4) is 0 Å². The standard InChI is InChI=1S/C10H18N2O3/c1-7(2)10(14)12-4-5-15-8(6-12)9(13)11-3/h7-8H,4-6H2,1-3H3,(H,11,13). The summed E-state index contributed by atoms with van der Waals surface area (Å²) in [6.45, 7) is 5.07. The summed E-state index contributed by atoms with van der Waals surface area (Å²) >= 11 is 0. The number of nitrogens with one attached hydrogen (secondary N) is 1. The molecule has 2 amide bonds. The summed E-state index contributed by atoms with van der Waals surface area (Å²) < 4.78 is 5.28. The highest BCUT2D eigenvalue weighted by molar-refractivity contribution is 5.83. The van der Waals surface area contributed by atoms with Crippen LogP contribution in [0.5, 0.6) is 0 Å². The summed E-state index contributed by atoms with van der Waals surface area (Å²) in [5.74, 6) is -0.128. The Morgan fingerprint density at radius 2 is 2.13 bits per heavy atom. The first-order valence-corrected chi connectivity index (χ1v) is 5.18. The van der Waals surface area contributed by atoms with E-state index in [0.29, 0.717) is 19.7 Å². The second-order valence-corrected chi connectivity index (χ2v) is 3.91. The molecule has 1 N–H and O–H groups in total. The second kappa shape index (κ2) is 5.11. The number of likely N-dealkylation sites (N-methyl/N-ethyl adjacent to an activating group) is 1. The molecule has 1 aliphatic rings. The normalized spacial score (nSPS) is 21.6. The van der Waals surface area contributed by atoms with Crippen LogP contribution in [-0.2, 0) is 14.3 Å². The van der Waals surface area contributed by atoms with Gasteiger partial charge in [-0.05, 0) is 0 Å². The van der Waals surface area contributed by atoms with E-state index in [1.54, 1.807) is 11.9 Å². The van der Waals surface area contributed by atoms with Gasteiger partial charge in [-0.15, -0.1) is 0 Å². The van der Waals surface area contributed by atoms with E-state index in [9.17, 15) is 9.59 Å². The quantitative estimate of drug-likeness (QED) is 0.681. The SMILES string of the molecule is CNC(=O)C1CN(C(=O)C(C)C)CCO1. The van der Waals surface area contributed by atoms with E-state index >= 15 is 0 Å². The highest BCUT2D eigenvalue weighted by atomic mass is 16.5. The third-order valence-corrected chi connectivity index (χ3v) is 2.41. The summed E-state index contributed by atoms with van der Waals surface area (Å²) in [7, 11) is 1.56. The Morgan fingerprint density at radius 3 is 2.67 bits per heavy atom.